The maximum absolute atomic E-state index is 13.7. The molecule has 10 heteroatoms. The summed E-state index contributed by atoms with van der Waals surface area (Å²) in [6.45, 7) is 0. The summed E-state index contributed by atoms with van der Waals surface area (Å²) in [5.74, 6) is -1.90. The fourth-order valence-electron chi connectivity index (χ4n) is 4.95. The Bertz CT molecular complexity index is 1990. The number of hydrogen-bond donors (Lipinski definition) is 3. The summed E-state index contributed by atoms with van der Waals surface area (Å²) in [6.07, 6.45) is 1.83. The van der Waals surface area contributed by atoms with Crippen LogP contribution in [0.2, 0.25) is 0 Å². The summed E-state index contributed by atoms with van der Waals surface area (Å²) in [5.41, 5.74) is 4.66. The number of carbonyl (C=O) groups excluding carboxylic acids is 2. The first kappa shape index (κ1) is 27.5. The van der Waals surface area contributed by atoms with E-state index in [2.05, 4.69) is 10.3 Å². The third kappa shape index (κ3) is 5.62. The van der Waals surface area contributed by atoms with E-state index in [0.29, 0.717) is 39.1 Å². The monoisotopic (exact) mass is 578 g/mol. The number of aromatic hydroxyl groups is 1. The Morgan fingerprint density at radius 1 is 0.860 bits per heavy atom. The zero-order valence-corrected chi connectivity index (χ0v) is 22.8. The van der Waals surface area contributed by atoms with Gasteiger partial charge >= 0.3 is 5.97 Å². The first-order valence-electron chi connectivity index (χ1n) is 13.3. The van der Waals surface area contributed by atoms with Crippen molar-refractivity contribution in [1.82, 2.24) is 20.3 Å². The molecule has 1 unspecified atom stereocenters. The van der Waals surface area contributed by atoms with Crippen LogP contribution in [0.5, 0.6) is 5.75 Å². The summed E-state index contributed by atoms with van der Waals surface area (Å²) >= 11 is 0. The third-order valence-corrected chi connectivity index (χ3v) is 7.13. The molecule has 214 valence electrons. The van der Waals surface area contributed by atoms with Gasteiger partial charge in [-0.2, -0.15) is 0 Å². The number of ether oxygens (including phenoxy) is 1. The van der Waals surface area contributed by atoms with E-state index in [-0.39, 0.29) is 17.7 Å². The Morgan fingerprint density at radius 2 is 1.49 bits per heavy atom. The van der Waals surface area contributed by atoms with Gasteiger partial charge in [0.15, 0.2) is 0 Å². The summed E-state index contributed by atoms with van der Waals surface area (Å²) in [6, 6.07) is 20.1. The number of nitrogens with zero attached hydrogens (tertiary/aromatic N) is 2. The third-order valence-electron chi connectivity index (χ3n) is 7.13. The molecule has 0 saturated heterocycles. The first-order chi connectivity index (χ1) is 20.8. The van der Waals surface area contributed by atoms with Gasteiger partial charge in [0.05, 0.1) is 29.5 Å². The largest absolute Gasteiger partial charge is 0.508 e. The van der Waals surface area contributed by atoms with Gasteiger partial charge < -0.3 is 20.1 Å². The second-order valence-electron chi connectivity index (χ2n) is 9.94. The zero-order valence-electron chi connectivity index (χ0n) is 22.8. The van der Waals surface area contributed by atoms with Crippen LogP contribution in [0, 0.1) is 11.6 Å². The van der Waals surface area contributed by atoms with Crippen molar-refractivity contribution in [2.45, 2.75) is 12.5 Å². The second-order valence-corrected chi connectivity index (χ2v) is 9.94. The number of halogens is 2. The molecule has 6 rings (SSSR count). The van der Waals surface area contributed by atoms with Gasteiger partial charge in [0.25, 0.3) is 5.91 Å². The number of rotatable bonds is 7. The number of carbonyl (C=O) groups is 2. The molecule has 0 aliphatic carbocycles. The molecule has 8 nitrogen and oxygen atoms in total. The number of esters is 1. The van der Waals surface area contributed by atoms with Crippen LogP contribution in [0.25, 0.3) is 44.5 Å². The maximum Gasteiger partial charge on any atom is 0.328 e. The standard InChI is InChI=1S/C33H24F2N4O4/c1-43-33(42)29(15-21-17-36-26-13-11-24(40)16-25(21)26)39-32(41)20-6-12-27-28(14-20)38-31(19-4-9-23(35)10-5-19)30(37-27)18-2-7-22(34)8-3-18/h2-14,16-17,29,36,40H,15H2,1H3,(H,39,41). The van der Waals surface area contributed by atoms with Gasteiger partial charge in [0, 0.05) is 40.2 Å². The molecular weight excluding hydrogens is 554 g/mol. The number of H-pyrrole nitrogens is 1. The highest BCUT2D eigenvalue weighted by atomic mass is 19.1. The molecule has 2 aromatic heterocycles. The number of phenolic OH excluding ortho intramolecular Hbond substituents is 1. The molecule has 3 N–H and O–H groups in total. The number of amides is 1. The number of fused-ring (bicyclic) bond motifs is 2. The van der Waals surface area contributed by atoms with Gasteiger partial charge in [-0.05, 0) is 90.5 Å². The lowest BCUT2D eigenvalue weighted by Crippen LogP contribution is -2.43. The minimum Gasteiger partial charge on any atom is -0.508 e. The SMILES string of the molecule is COC(=O)C(Cc1c[nH]c2ccc(O)cc12)NC(=O)c1ccc2nc(-c3ccc(F)cc3)c(-c3ccc(F)cc3)nc2c1. The Morgan fingerprint density at radius 3 is 2.12 bits per heavy atom. The lowest BCUT2D eigenvalue weighted by atomic mass is 10.0. The number of aromatic nitrogens is 3. The van der Waals surface area contributed by atoms with E-state index in [9.17, 15) is 23.5 Å². The van der Waals surface area contributed by atoms with E-state index in [1.807, 2.05) is 0 Å². The fourth-order valence-corrected chi connectivity index (χ4v) is 4.95. The first-order valence-corrected chi connectivity index (χ1v) is 13.3. The maximum atomic E-state index is 13.7. The minimum absolute atomic E-state index is 0.0758. The van der Waals surface area contributed by atoms with E-state index in [1.165, 1.54) is 31.4 Å². The van der Waals surface area contributed by atoms with Crippen LogP contribution in [0.15, 0.2) is 91.1 Å². The summed E-state index contributed by atoms with van der Waals surface area (Å²) in [5, 5.41) is 13.4. The highest BCUT2D eigenvalue weighted by molar-refractivity contribution is 6.00. The Labute approximate surface area is 244 Å². The average Bonchev–Trinajstić information content (AvgIpc) is 3.41. The van der Waals surface area contributed by atoms with Crippen molar-refractivity contribution >= 4 is 33.8 Å². The molecule has 2 heterocycles. The van der Waals surface area contributed by atoms with Crippen molar-refractivity contribution in [1.29, 1.82) is 0 Å². The molecule has 0 saturated carbocycles. The lowest BCUT2D eigenvalue weighted by molar-refractivity contribution is -0.142. The molecular formula is C33H24F2N4O4. The second kappa shape index (κ2) is 11.3. The smallest absolute Gasteiger partial charge is 0.328 e. The molecule has 4 aromatic carbocycles. The summed E-state index contributed by atoms with van der Waals surface area (Å²) in [4.78, 5) is 38.7. The number of hydrogen-bond acceptors (Lipinski definition) is 6. The highest BCUT2D eigenvalue weighted by Gasteiger charge is 2.25. The molecule has 0 spiro atoms. The van der Waals surface area contributed by atoms with Crippen LogP contribution in [-0.2, 0) is 16.0 Å². The van der Waals surface area contributed by atoms with E-state index in [1.54, 1.807) is 66.9 Å². The van der Waals surface area contributed by atoms with Gasteiger partial charge in [-0.1, -0.05) is 0 Å². The Balaban J connectivity index is 1.35. The van der Waals surface area contributed by atoms with Crippen molar-refractivity contribution in [3.63, 3.8) is 0 Å². The van der Waals surface area contributed by atoms with Gasteiger partial charge in [0.2, 0.25) is 0 Å². The molecule has 0 aliphatic rings. The number of aromatic amines is 1. The van der Waals surface area contributed by atoms with E-state index < -0.39 is 29.6 Å². The summed E-state index contributed by atoms with van der Waals surface area (Å²) < 4.78 is 32.3. The van der Waals surface area contributed by atoms with Gasteiger partial charge in [-0.15, -0.1) is 0 Å². The van der Waals surface area contributed by atoms with Gasteiger partial charge in [-0.25, -0.2) is 23.5 Å². The lowest BCUT2D eigenvalue weighted by Gasteiger charge is -2.17. The molecule has 0 fully saturated rings. The van der Waals surface area contributed by atoms with Gasteiger partial charge in [0.1, 0.15) is 23.4 Å². The number of phenols is 1. The Hall–Kier alpha value is -5.64. The summed E-state index contributed by atoms with van der Waals surface area (Å²) in [7, 11) is 1.24. The normalized spacial score (nSPS) is 11.9. The van der Waals surface area contributed by atoms with Crippen LogP contribution in [0.3, 0.4) is 0 Å². The van der Waals surface area contributed by atoms with Crippen molar-refractivity contribution in [3.05, 3.63) is 114 Å². The van der Waals surface area contributed by atoms with Gasteiger partial charge in [-0.3, -0.25) is 4.79 Å². The van der Waals surface area contributed by atoms with Crippen LogP contribution >= 0.6 is 0 Å². The molecule has 43 heavy (non-hydrogen) atoms. The number of benzene rings is 4. The topological polar surface area (TPSA) is 117 Å². The van der Waals surface area contributed by atoms with Crippen molar-refractivity contribution in [3.8, 4) is 28.3 Å². The van der Waals surface area contributed by atoms with E-state index in [0.717, 1.165) is 10.9 Å². The van der Waals surface area contributed by atoms with E-state index >= 15 is 0 Å². The molecule has 1 atom stereocenters. The molecule has 0 aliphatic heterocycles. The van der Waals surface area contributed by atoms with Crippen molar-refractivity contribution in [2.24, 2.45) is 0 Å². The fraction of sp³-hybridized carbons (Fsp3) is 0.0909. The number of methoxy groups -OCH3 is 1. The van der Waals surface area contributed by atoms with Crippen LogP contribution in [-0.4, -0.2) is 45.1 Å². The minimum atomic E-state index is -1.02. The zero-order chi connectivity index (χ0) is 30.1. The predicted octanol–water partition coefficient (Wildman–Crippen LogP) is 5.94. The molecule has 0 radical (unpaired) electrons. The van der Waals surface area contributed by atoms with Crippen LogP contribution in [0.1, 0.15) is 15.9 Å². The van der Waals surface area contributed by atoms with Crippen molar-refractivity contribution in [2.75, 3.05) is 7.11 Å². The van der Waals surface area contributed by atoms with E-state index in [4.69, 9.17) is 14.7 Å². The Kier molecular flexibility index (Phi) is 7.25. The average molecular weight is 579 g/mol. The van der Waals surface area contributed by atoms with Crippen molar-refractivity contribution < 1.29 is 28.2 Å². The molecule has 1 amide bonds. The highest BCUT2D eigenvalue weighted by Crippen LogP contribution is 2.32. The molecule has 6 aromatic rings. The molecule has 0 bridgehead atoms. The number of nitrogens with one attached hydrogen (secondary N) is 2. The van der Waals surface area contributed by atoms with Crippen LogP contribution in [0.4, 0.5) is 8.78 Å². The van der Waals surface area contributed by atoms with Crippen LogP contribution < -0.4 is 5.32 Å². The quantitative estimate of drug-likeness (QED) is 0.202. The predicted molar refractivity (Wildman–Crippen MR) is 157 cm³/mol.